The molecular formula is C20H28FIN4O. The summed E-state index contributed by atoms with van der Waals surface area (Å²) < 4.78 is 19.5. The molecule has 0 aliphatic carbocycles. The number of nitrogens with zero attached hydrogens (tertiary/aromatic N) is 2. The van der Waals surface area contributed by atoms with E-state index >= 15 is 0 Å². The van der Waals surface area contributed by atoms with E-state index in [2.05, 4.69) is 20.5 Å². The Morgan fingerprint density at radius 3 is 2.63 bits per heavy atom. The van der Waals surface area contributed by atoms with Gasteiger partial charge in [0.25, 0.3) is 0 Å². The average molecular weight is 486 g/mol. The number of hydrogen-bond donors (Lipinski definition) is 2. The quantitative estimate of drug-likeness (QED) is 0.354. The predicted octanol–water partition coefficient (Wildman–Crippen LogP) is 3.93. The van der Waals surface area contributed by atoms with Crippen LogP contribution in [-0.4, -0.2) is 37.0 Å². The minimum absolute atomic E-state index is 0. The normalized spacial score (nSPS) is 16.0. The van der Waals surface area contributed by atoms with Crippen LogP contribution in [0.4, 0.5) is 4.39 Å². The lowest BCUT2D eigenvalue weighted by Gasteiger charge is -2.26. The molecule has 1 saturated heterocycles. The number of aliphatic imine (C=N–C) groups is 1. The van der Waals surface area contributed by atoms with E-state index in [1.54, 1.807) is 18.4 Å². The van der Waals surface area contributed by atoms with Crippen molar-refractivity contribution in [1.82, 2.24) is 15.5 Å². The third kappa shape index (κ3) is 6.21. The maximum atomic E-state index is 13.8. The summed E-state index contributed by atoms with van der Waals surface area (Å²) in [4.78, 5) is 6.97. The lowest BCUT2D eigenvalue weighted by atomic mass is 10.2. The van der Waals surface area contributed by atoms with Gasteiger partial charge in [0.2, 0.25) is 0 Å². The van der Waals surface area contributed by atoms with Crippen LogP contribution in [0.15, 0.2) is 52.1 Å². The summed E-state index contributed by atoms with van der Waals surface area (Å²) in [6.45, 7) is 5.92. The SMILES string of the molecule is CCNC(=NCc1ccccc1F)NCC(c1ccco1)N1CCCC1.I. The number of halogens is 2. The van der Waals surface area contributed by atoms with Gasteiger partial charge >= 0.3 is 0 Å². The summed E-state index contributed by atoms with van der Waals surface area (Å²) >= 11 is 0. The molecule has 0 bridgehead atoms. The number of likely N-dealkylation sites (tertiary alicyclic amines) is 1. The van der Waals surface area contributed by atoms with E-state index in [1.165, 1.54) is 18.9 Å². The van der Waals surface area contributed by atoms with Crippen LogP contribution in [0, 0.1) is 5.82 Å². The molecule has 1 aromatic carbocycles. The van der Waals surface area contributed by atoms with Crippen LogP contribution in [0.25, 0.3) is 0 Å². The first-order valence-electron chi connectivity index (χ1n) is 9.31. The van der Waals surface area contributed by atoms with Crippen LogP contribution in [0.3, 0.4) is 0 Å². The second-order valence-electron chi connectivity index (χ2n) is 6.44. The van der Waals surface area contributed by atoms with E-state index in [4.69, 9.17) is 4.42 Å². The number of rotatable bonds is 7. The van der Waals surface area contributed by atoms with E-state index in [9.17, 15) is 4.39 Å². The van der Waals surface area contributed by atoms with Gasteiger partial charge in [-0.3, -0.25) is 4.90 Å². The maximum absolute atomic E-state index is 13.8. The summed E-state index contributed by atoms with van der Waals surface area (Å²) in [7, 11) is 0. The van der Waals surface area contributed by atoms with Crippen LogP contribution < -0.4 is 10.6 Å². The molecule has 27 heavy (non-hydrogen) atoms. The smallest absolute Gasteiger partial charge is 0.191 e. The molecule has 2 N–H and O–H groups in total. The van der Waals surface area contributed by atoms with Crippen molar-refractivity contribution in [3.8, 4) is 0 Å². The molecule has 0 amide bonds. The Labute approximate surface area is 177 Å². The van der Waals surface area contributed by atoms with Gasteiger partial charge in [0, 0.05) is 18.7 Å². The van der Waals surface area contributed by atoms with Crippen LogP contribution in [0.1, 0.15) is 37.1 Å². The number of hydrogen-bond acceptors (Lipinski definition) is 3. The molecule has 0 saturated carbocycles. The predicted molar refractivity (Wildman–Crippen MR) is 117 cm³/mol. The van der Waals surface area contributed by atoms with Gasteiger partial charge in [0.1, 0.15) is 11.6 Å². The molecule has 1 aromatic heterocycles. The van der Waals surface area contributed by atoms with Gasteiger partial charge in [-0.2, -0.15) is 0 Å². The van der Waals surface area contributed by atoms with Crippen molar-refractivity contribution >= 4 is 29.9 Å². The van der Waals surface area contributed by atoms with Crippen molar-refractivity contribution in [2.24, 2.45) is 4.99 Å². The molecule has 2 heterocycles. The van der Waals surface area contributed by atoms with Crippen molar-refractivity contribution in [2.45, 2.75) is 32.4 Å². The maximum Gasteiger partial charge on any atom is 0.191 e. The molecule has 1 fully saturated rings. The Bertz CT molecular complexity index is 702. The standard InChI is InChI=1S/C20H27FN4O.HI/c1-2-22-20(23-14-16-8-3-4-9-17(16)21)24-15-18(19-10-7-13-26-19)25-11-5-6-12-25;/h3-4,7-10,13,18H,2,5-6,11-12,14-15H2,1H3,(H2,22,23,24);1H. The molecular weight excluding hydrogens is 458 g/mol. The topological polar surface area (TPSA) is 52.8 Å². The fraction of sp³-hybridized carbons (Fsp3) is 0.450. The monoisotopic (exact) mass is 486 g/mol. The van der Waals surface area contributed by atoms with Gasteiger partial charge in [-0.15, -0.1) is 24.0 Å². The van der Waals surface area contributed by atoms with Gasteiger partial charge in [-0.05, 0) is 51.1 Å². The molecule has 1 atom stereocenters. The molecule has 7 heteroatoms. The minimum Gasteiger partial charge on any atom is -0.468 e. The van der Waals surface area contributed by atoms with Crippen molar-refractivity contribution in [2.75, 3.05) is 26.2 Å². The van der Waals surface area contributed by atoms with Gasteiger partial charge in [-0.1, -0.05) is 18.2 Å². The number of benzene rings is 1. The second-order valence-corrected chi connectivity index (χ2v) is 6.44. The fourth-order valence-corrected chi connectivity index (χ4v) is 3.27. The molecule has 3 rings (SSSR count). The third-order valence-corrected chi connectivity index (χ3v) is 4.63. The molecule has 0 radical (unpaired) electrons. The number of furan rings is 1. The zero-order valence-corrected chi connectivity index (χ0v) is 18.0. The van der Waals surface area contributed by atoms with E-state index in [1.807, 2.05) is 25.1 Å². The molecule has 148 valence electrons. The van der Waals surface area contributed by atoms with Gasteiger partial charge < -0.3 is 15.1 Å². The van der Waals surface area contributed by atoms with Gasteiger partial charge in [0.05, 0.1) is 18.8 Å². The largest absolute Gasteiger partial charge is 0.468 e. The Balaban J connectivity index is 0.00000261. The summed E-state index contributed by atoms with van der Waals surface area (Å²) in [6, 6.07) is 10.9. The first kappa shape index (κ1) is 21.7. The third-order valence-electron chi connectivity index (χ3n) is 4.63. The summed E-state index contributed by atoms with van der Waals surface area (Å²) in [5.41, 5.74) is 0.590. The second kappa shape index (κ2) is 11.3. The van der Waals surface area contributed by atoms with E-state index < -0.39 is 0 Å². The highest BCUT2D eigenvalue weighted by molar-refractivity contribution is 14.0. The first-order chi connectivity index (χ1) is 12.8. The highest BCUT2D eigenvalue weighted by Gasteiger charge is 2.25. The van der Waals surface area contributed by atoms with Crippen LogP contribution in [0.5, 0.6) is 0 Å². The van der Waals surface area contributed by atoms with E-state index in [-0.39, 0.29) is 35.8 Å². The van der Waals surface area contributed by atoms with Crippen molar-refractivity contribution < 1.29 is 8.81 Å². The van der Waals surface area contributed by atoms with Gasteiger partial charge in [0.15, 0.2) is 5.96 Å². The van der Waals surface area contributed by atoms with Crippen molar-refractivity contribution in [3.63, 3.8) is 0 Å². The summed E-state index contributed by atoms with van der Waals surface area (Å²) in [5, 5.41) is 6.62. The molecule has 0 spiro atoms. The molecule has 1 unspecified atom stereocenters. The number of guanidine groups is 1. The molecule has 1 aliphatic rings. The van der Waals surface area contributed by atoms with Gasteiger partial charge in [-0.25, -0.2) is 9.38 Å². The Morgan fingerprint density at radius 2 is 1.96 bits per heavy atom. The highest BCUT2D eigenvalue weighted by Crippen LogP contribution is 2.24. The van der Waals surface area contributed by atoms with Crippen LogP contribution in [0.2, 0.25) is 0 Å². The highest BCUT2D eigenvalue weighted by atomic mass is 127. The fourth-order valence-electron chi connectivity index (χ4n) is 3.27. The van der Waals surface area contributed by atoms with Crippen molar-refractivity contribution in [1.29, 1.82) is 0 Å². The first-order valence-corrected chi connectivity index (χ1v) is 9.31. The molecule has 5 nitrogen and oxygen atoms in total. The summed E-state index contributed by atoms with van der Waals surface area (Å²) in [5.74, 6) is 1.42. The zero-order valence-electron chi connectivity index (χ0n) is 15.7. The lowest BCUT2D eigenvalue weighted by Crippen LogP contribution is -2.42. The molecule has 1 aliphatic heterocycles. The van der Waals surface area contributed by atoms with Crippen molar-refractivity contribution in [3.05, 3.63) is 59.8 Å². The van der Waals surface area contributed by atoms with Crippen LogP contribution in [-0.2, 0) is 6.54 Å². The average Bonchev–Trinajstić information content (AvgIpc) is 3.35. The Hall–Kier alpha value is -1.61. The van der Waals surface area contributed by atoms with E-state index in [0.717, 1.165) is 25.4 Å². The zero-order chi connectivity index (χ0) is 18.2. The Kier molecular flexibility index (Phi) is 9.06. The van der Waals surface area contributed by atoms with Crippen LogP contribution >= 0.6 is 24.0 Å². The summed E-state index contributed by atoms with van der Waals surface area (Å²) in [6.07, 6.45) is 4.16. The Morgan fingerprint density at radius 1 is 1.19 bits per heavy atom. The minimum atomic E-state index is -0.224. The van der Waals surface area contributed by atoms with E-state index in [0.29, 0.717) is 24.6 Å². The lowest BCUT2D eigenvalue weighted by molar-refractivity contribution is 0.215. The number of nitrogens with one attached hydrogen (secondary N) is 2. The molecule has 2 aromatic rings.